The number of nitrogens with zero attached hydrogens (tertiary/aromatic N) is 1. The largest absolute Gasteiger partial charge is 0.395 e. The van der Waals surface area contributed by atoms with Crippen LogP contribution in [0.4, 0.5) is 5.69 Å². The van der Waals surface area contributed by atoms with Gasteiger partial charge < -0.3 is 15.7 Å². The summed E-state index contributed by atoms with van der Waals surface area (Å²) in [5.74, 6) is 0. The number of aliphatic hydroxyl groups is 1. The Bertz CT molecular complexity index is 337. The second-order valence-corrected chi connectivity index (χ2v) is 4.34. The zero-order chi connectivity index (χ0) is 12.1. The molecule has 3 N–H and O–H groups in total. The van der Waals surface area contributed by atoms with Crippen LogP contribution in [0.25, 0.3) is 0 Å². The van der Waals surface area contributed by atoms with E-state index in [4.69, 9.17) is 10.8 Å². The third kappa shape index (κ3) is 2.97. The first kappa shape index (κ1) is 13.0. The molecule has 16 heavy (non-hydrogen) atoms. The average Bonchev–Trinajstić information content (AvgIpc) is 2.26. The van der Waals surface area contributed by atoms with Crippen LogP contribution in [0.5, 0.6) is 0 Å². The van der Waals surface area contributed by atoms with E-state index in [1.54, 1.807) is 0 Å². The first-order chi connectivity index (χ1) is 7.60. The van der Waals surface area contributed by atoms with E-state index in [2.05, 4.69) is 43.9 Å². The van der Waals surface area contributed by atoms with Gasteiger partial charge in [0.2, 0.25) is 0 Å². The molecule has 0 fully saturated rings. The van der Waals surface area contributed by atoms with Crippen molar-refractivity contribution in [3.63, 3.8) is 0 Å². The van der Waals surface area contributed by atoms with Crippen LogP contribution in [0.3, 0.4) is 0 Å². The lowest BCUT2D eigenvalue weighted by atomic mass is 10.1. The predicted molar refractivity (Wildman–Crippen MR) is 68.6 cm³/mol. The van der Waals surface area contributed by atoms with Crippen molar-refractivity contribution >= 4 is 5.69 Å². The van der Waals surface area contributed by atoms with Crippen LogP contribution in [-0.2, 0) is 6.54 Å². The molecule has 0 spiro atoms. The number of hydrogen-bond acceptors (Lipinski definition) is 3. The van der Waals surface area contributed by atoms with Gasteiger partial charge in [-0.2, -0.15) is 0 Å². The summed E-state index contributed by atoms with van der Waals surface area (Å²) in [4.78, 5) is 2.20. The van der Waals surface area contributed by atoms with Gasteiger partial charge in [-0.3, -0.25) is 0 Å². The summed E-state index contributed by atoms with van der Waals surface area (Å²) in [5, 5.41) is 9.08. The normalized spacial score (nSPS) is 10.9. The van der Waals surface area contributed by atoms with E-state index in [-0.39, 0.29) is 6.61 Å². The molecule has 0 amide bonds. The molecule has 3 heteroatoms. The summed E-state index contributed by atoms with van der Waals surface area (Å²) in [7, 11) is 0. The minimum absolute atomic E-state index is 0.177. The molecule has 90 valence electrons. The summed E-state index contributed by atoms with van der Waals surface area (Å²) in [6.45, 7) is 7.76. The maximum atomic E-state index is 9.08. The summed E-state index contributed by atoms with van der Waals surface area (Å²) < 4.78 is 0. The average molecular weight is 222 g/mol. The minimum atomic E-state index is 0.177. The Morgan fingerprint density at radius 1 is 1.38 bits per heavy atom. The van der Waals surface area contributed by atoms with Gasteiger partial charge in [0, 0.05) is 24.8 Å². The van der Waals surface area contributed by atoms with Gasteiger partial charge in [0.1, 0.15) is 0 Å². The predicted octanol–water partition coefficient (Wildman–Crippen LogP) is 1.66. The molecule has 0 saturated heterocycles. The Morgan fingerprint density at radius 2 is 2.06 bits per heavy atom. The van der Waals surface area contributed by atoms with Gasteiger partial charge in [-0.1, -0.05) is 12.1 Å². The summed E-state index contributed by atoms with van der Waals surface area (Å²) in [6, 6.07) is 6.64. The van der Waals surface area contributed by atoms with Gasteiger partial charge in [-0.25, -0.2) is 0 Å². The maximum Gasteiger partial charge on any atom is 0.0606 e. The number of aliphatic hydroxyl groups excluding tert-OH is 1. The van der Waals surface area contributed by atoms with E-state index in [1.807, 2.05) is 0 Å². The lowest BCUT2D eigenvalue weighted by molar-refractivity contribution is 0.299. The highest BCUT2D eigenvalue weighted by Gasteiger charge is 2.12. The molecular weight excluding hydrogens is 200 g/mol. The van der Waals surface area contributed by atoms with Crippen molar-refractivity contribution in [1.29, 1.82) is 0 Å². The Hall–Kier alpha value is -1.06. The second kappa shape index (κ2) is 5.87. The van der Waals surface area contributed by atoms with Crippen molar-refractivity contribution in [2.75, 3.05) is 18.1 Å². The summed E-state index contributed by atoms with van der Waals surface area (Å²) in [6.07, 6.45) is 0. The van der Waals surface area contributed by atoms with E-state index in [9.17, 15) is 0 Å². The Balaban J connectivity index is 3.00. The Morgan fingerprint density at radius 3 is 2.50 bits per heavy atom. The highest BCUT2D eigenvalue weighted by molar-refractivity contribution is 5.55. The number of benzene rings is 1. The van der Waals surface area contributed by atoms with Crippen LogP contribution in [-0.4, -0.2) is 24.3 Å². The number of aryl methyl sites for hydroxylation is 1. The molecule has 0 saturated carbocycles. The maximum absolute atomic E-state index is 9.08. The van der Waals surface area contributed by atoms with Gasteiger partial charge in [0.05, 0.1) is 6.61 Å². The molecule has 0 radical (unpaired) electrons. The fraction of sp³-hybridized carbons (Fsp3) is 0.538. The lowest BCUT2D eigenvalue weighted by Crippen LogP contribution is -2.33. The molecule has 0 aliphatic carbocycles. The molecule has 3 nitrogen and oxygen atoms in total. The first-order valence-electron chi connectivity index (χ1n) is 5.77. The number of hydrogen-bond donors (Lipinski definition) is 2. The van der Waals surface area contributed by atoms with Gasteiger partial charge in [0.25, 0.3) is 0 Å². The third-order valence-corrected chi connectivity index (χ3v) is 2.77. The van der Waals surface area contributed by atoms with Crippen LogP contribution < -0.4 is 10.6 Å². The second-order valence-electron chi connectivity index (χ2n) is 4.34. The van der Waals surface area contributed by atoms with Crippen LogP contribution in [0, 0.1) is 6.92 Å². The van der Waals surface area contributed by atoms with Crippen LogP contribution in [0.1, 0.15) is 25.0 Å². The minimum Gasteiger partial charge on any atom is -0.395 e. The van der Waals surface area contributed by atoms with Crippen LogP contribution >= 0.6 is 0 Å². The van der Waals surface area contributed by atoms with Crippen molar-refractivity contribution in [3.8, 4) is 0 Å². The topological polar surface area (TPSA) is 49.5 Å². The van der Waals surface area contributed by atoms with Crippen molar-refractivity contribution in [3.05, 3.63) is 29.3 Å². The van der Waals surface area contributed by atoms with Crippen molar-refractivity contribution in [1.82, 2.24) is 0 Å². The molecular formula is C13H22N2O. The molecule has 0 aliphatic heterocycles. The van der Waals surface area contributed by atoms with Gasteiger partial charge in [-0.05, 0) is 38.0 Å². The number of nitrogens with two attached hydrogens (primary N) is 1. The van der Waals surface area contributed by atoms with Crippen molar-refractivity contribution < 1.29 is 5.11 Å². The SMILES string of the molecule is Cc1cc(CN)ccc1N(CCO)C(C)C. The van der Waals surface area contributed by atoms with Crippen molar-refractivity contribution in [2.24, 2.45) is 5.73 Å². The Labute approximate surface area is 97.9 Å². The smallest absolute Gasteiger partial charge is 0.0606 e. The molecule has 0 heterocycles. The third-order valence-electron chi connectivity index (χ3n) is 2.77. The van der Waals surface area contributed by atoms with Gasteiger partial charge in [-0.15, -0.1) is 0 Å². The monoisotopic (exact) mass is 222 g/mol. The zero-order valence-corrected chi connectivity index (χ0v) is 10.4. The van der Waals surface area contributed by atoms with Crippen molar-refractivity contribution in [2.45, 2.75) is 33.4 Å². The van der Waals surface area contributed by atoms with Crippen LogP contribution in [0.15, 0.2) is 18.2 Å². The highest BCUT2D eigenvalue weighted by Crippen LogP contribution is 2.22. The van der Waals surface area contributed by atoms with Gasteiger partial charge >= 0.3 is 0 Å². The summed E-state index contributed by atoms with van der Waals surface area (Å²) in [5.41, 5.74) is 9.15. The fourth-order valence-electron chi connectivity index (χ4n) is 1.93. The molecule has 1 aromatic carbocycles. The molecule has 0 atom stereocenters. The van der Waals surface area contributed by atoms with Gasteiger partial charge in [0.15, 0.2) is 0 Å². The number of anilines is 1. The lowest BCUT2D eigenvalue weighted by Gasteiger charge is -2.30. The molecule has 1 aromatic rings. The molecule has 0 aliphatic rings. The highest BCUT2D eigenvalue weighted by atomic mass is 16.3. The molecule has 0 aromatic heterocycles. The van der Waals surface area contributed by atoms with E-state index in [1.165, 1.54) is 11.3 Å². The molecule has 0 bridgehead atoms. The summed E-state index contributed by atoms with van der Waals surface area (Å²) >= 11 is 0. The quantitative estimate of drug-likeness (QED) is 0.796. The molecule has 1 rings (SSSR count). The van der Waals surface area contributed by atoms with E-state index in [0.717, 1.165) is 5.56 Å². The molecule has 0 unspecified atom stereocenters. The van der Waals surface area contributed by atoms with E-state index >= 15 is 0 Å². The fourth-order valence-corrected chi connectivity index (χ4v) is 1.93. The van der Waals surface area contributed by atoms with Crippen LogP contribution in [0.2, 0.25) is 0 Å². The standard InChI is InChI=1S/C13H22N2O/c1-10(2)15(6-7-16)13-5-4-12(9-14)8-11(13)3/h4-5,8,10,16H,6-7,9,14H2,1-3H3. The number of rotatable bonds is 5. The Kier molecular flexibility index (Phi) is 4.77. The van der Waals surface area contributed by atoms with E-state index in [0.29, 0.717) is 19.1 Å². The first-order valence-corrected chi connectivity index (χ1v) is 5.77. The zero-order valence-electron chi connectivity index (χ0n) is 10.4. The van der Waals surface area contributed by atoms with E-state index < -0.39 is 0 Å².